The Hall–Kier alpha value is -6.40. The van der Waals surface area contributed by atoms with Gasteiger partial charge in [0.05, 0.1) is 11.5 Å². The van der Waals surface area contributed by atoms with Crippen molar-refractivity contribution in [1.29, 1.82) is 0 Å². The molecule has 2 atom stereocenters. The van der Waals surface area contributed by atoms with Crippen molar-refractivity contribution in [2.45, 2.75) is 77.7 Å². The van der Waals surface area contributed by atoms with Crippen LogP contribution in [0.3, 0.4) is 0 Å². The van der Waals surface area contributed by atoms with Crippen LogP contribution in [0.1, 0.15) is 94.2 Å². The molecule has 0 spiro atoms. The number of anilines is 2. The Kier molecular flexibility index (Phi) is 9.66. The Morgan fingerprint density at radius 3 is 1.76 bits per heavy atom. The highest BCUT2D eigenvalue weighted by Crippen LogP contribution is 2.62. The van der Waals surface area contributed by atoms with Gasteiger partial charge in [0.25, 0.3) is 0 Å². The zero-order chi connectivity index (χ0) is 42.0. The second-order valence-electron chi connectivity index (χ2n) is 17.7. The van der Waals surface area contributed by atoms with Crippen molar-refractivity contribution >= 4 is 11.4 Å². The minimum Gasteiger partial charge on any atom is -0.503 e. The topological polar surface area (TPSA) is 104 Å². The summed E-state index contributed by atoms with van der Waals surface area (Å²) in [4.78, 5) is 1.81. The Morgan fingerprint density at radius 1 is 0.644 bits per heavy atom. The Balaban J connectivity index is 1.44. The lowest BCUT2D eigenvalue weighted by Crippen LogP contribution is -2.35. The predicted octanol–water partition coefficient (Wildman–Crippen LogP) is 12.5. The molecule has 0 aromatic heterocycles. The van der Waals surface area contributed by atoms with Gasteiger partial charge in [0.2, 0.25) is 17.2 Å². The molecule has 300 valence electrons. The number of allylic oxidation sites excluding steroid dienone is 3. The molecule has 6 nitrogen and oxygen atoms in total. The van der Waals surface area contributed by atoms with Crippen LogP contribution in [0.4, 0.5) is 11.4 Å². The molecule has 0 saturated heterocycles. The van der Waals surface area contributed by atoms with Crippen LogP contribution in [0.5, 0.6) is 28.7 Å². The summed E-state index contributed by atoms with van der Waals surface area (Å²) in [6.07, 6.45) is 5.06. The number of hydrogen-bond donors (Lipinski definition) is 5. The van der Waals surface area contributed by atoms with Crippen LogP contribution in [-0.4, -0.2) is 31.6 Å². The molecule has 0 amide bonds. The monoisotopic (exact) mass is 783 g/mol. The number of nitrogens with zero attached hydrogens (tertiary/aromatic N) is 1. The smallest absolute Gasteiger partial charge is 0.208 e. The first kappa shape index (κ1) is 39.4. The molecule has 6 heteroatoms. The number of fused-ring (bicyclic) bond motifs is 3. The van der Waals surface area contributed by atoms with E-state index in [2.05, 4.69) is 156 Å². The quantitative estimate of drug-likeness (QED) is 0.0777. The fraction of sp³-hybridized carbons (Fsp3) is 0.245. The van der Waals surface area contributed by atoms with E-state index in [9.17, 15) is 25.5 Å². The van der Waals surface area contributed by atoms with E-state index in [0.29, 0.717) is 5.69 Å². The van der Waals surface area contributed by atoms with Crippen LogP contribution in [-0.2, 0) is 10.8 Å². The van der Waals surface area contributed by atoms with E-state index >= 15 is 0 Å². The summed E-state index contributed by atoms with van der Waals surface area (Å²) in [5.41, 5.74) is 10.3. The van der Waals surface area contributed by atoms with Crippen molar-refractivity contribution < 1.29 is 25.5 Å². The number of phenolic OH excluding ortho intramolecular Hbond substituents is 5. The third-order valence-electron chi connectivity index (χ3n) is 12.7. The lowest BCUT2D eigenvalue weighted by Gasteiger charge is -2.39. The summed E-state index contributed by atoms with van der Waals surface area (Å²) in [7, 11) is 0. The van der Waals surface area contributed by atoms with Gasteiger partial charge >= 0.3 is 0 Å². The van der Waals surface area contributed by atoms with Crippen LogP contribution in [0.2, 0.25) is 0 Å². The van der Waals surface area contributed by atoms with Crippen molar-refractivity contribution in [3.63, 3.8) is 0 Å². The van der Waals surface area contributed by atoms with Crippen LogP contribution in [0.25, 0.3) is 11.1 Å². The first-order valence-electron chi connectivity index (χ1n) is 20.4. The first-order valence-corrected chi connectivity index (χ1v) is 20.4. The van der Waals surface area contributed by atoms with E-state index in [-0.39, 0.29) is 22.4 Å². The third kappa shape index (κ3) is 6.07. The summed E-state index contributed by atoms with van der Waals surface area (Å²) in [5, 5.41) is 56.4. The molecule has 6 aromatic carbocycles. The van der Waals surface area contributed by atoms with Gasteiger partial charge in [-0.25, -0.2) is 0 Å². The molecule has 0 aliphatic heterocycles. The largest absolute Gasteiger partial charge is 0.503 e. The highest BCUT2D eigenvalue weighted by molar-refractivity contribution is 5.90. The fourth-order valence-electron chi connectivity index (χ4n) is 10.4. The average molecular weight is 784 g/mol. The normalized spacial score (nSPS) is 17.2. The van der Waals surface area contributed by atoms with Crippen LogP contribution < -0.4 is 4.90 Å². The van der Waals surface area contributed by atoms with Gasteiger partial charge in [-0.05, 0) is 98.9 Å². The Labute approximate surface area is 347 Å². The van der Waals surface area contributed by atoms with Crippen LogP contribution >= 0.6 is 0 Å². The van der Waals surface area contributed by atoms with Gasteiger partial charge in [-0.2, -0.15) is 0 Å². The minimum absolute atomic E-state index is 0.0399. The van der Waals surface area contributed by atoms with Crippen molar-refractivity contribution in [3.8, 4) is 39.9 Å². The zero-order valence-electron chi connectivity index (χ0n) is 34.8. The minimum atomic E-state index is -0.998. The SMILES string of the molecule is C/C=C\C1=C(C(C)N(c2ccc3c(c2)C(c2ccccc2)(c2ccccc2)c2ccccc2-3)c2c(O)c(O)c(O)c(O)c2O)C(C)(C)CC1c1ccccc1C(C)(C)C. The van der Waals surface area contributed by atoms with Gasteiger partial charge in [0, 0.05) is 11.6 Å². The molecule has 0 heterocycles. The second kappa shape index (κ2) is 14.5. The fourth-order valence-corrected chi connectivity index (χ4v) is 10.4. The van der Waals surface area contributed by atoms with Gasteiger partial charge in [-0.3, -0.25) is 0 Å². The van der Waals surface area contributed by atoms with Gasteiger partial charge in [-0.15, -0.1) is 0 Å². The lowest BCUT2D eigenvalue weighted by molar-refractivity contribution is 0.328. The van der Waals surface area contributed by atoms with Gasteiger partial charge in [0.1, 0.15) is 5.69 Å². The number of hydrogen-bond acceptors (Lipinski definition) is 6. The van der Waals surface area contributed by atoms with E-state index in [0.717, 1.165) is 50.9 Å². The zero-order valence-corrected chi connectivity index (χ0v) is 34.8. The lowest BCUT2D eigenvalue weighted by atomic mass is 9.67. The van der Waals surface area contributed by atoms with E-state index in [4.69, 9.17) is 0 Å². The van der Waals surface area contributed by atoms with Crippen molar-refractivity contribution in [1.82, 2.24) is 0 Å². The first-order chi connectivity index (χ1) is 28.1. The summed E-state index contributed by atoms with van der Waals surface area (Å²) >= 11 is 0. The predicted molar refractivity (Wildman–Crippen MR) is 238 cm³/mol. The van der Waals surface area contributed by atoms with Crippen molar-refractivity contribution in [2.75, 3.05) is 4.90 Å². The summed E-state index contributed by atoms with van der Waals surface area (Å²) < 4.78 is 0. The summed E-state index contributed by atoms with van der Waals surface area (Å²) in [6, 6.07) is 43.6. The summed E-state index contributed by atoms with van der Waals surface area (Å²) in [5.74, 6) is -4.29. The maximum atomic E-state index is 11.8. The summed E-state index contributed by atoms with van der Waals surface area (Å²) in [6.45, 7) is 15.3. The number of aromatic hydroxyl groups is 5. The molecule has 2 aliphatic carbocycles. The van der Waals surface area contributed by atoms with E-state index in [1.807, 2.05) is 36.9 Å². The van der Waals surface area contributed by atoms with Crippen molar-refractivity contribution in [3.05, 3.63) is 184 Å². The number of benzene rings is 6. The molecule has 5 N–H and O–H groups in total. The molecular formula is C53H53NO5. The average Bonchev–Trinajstić information content (AvgIpc) is 3.68. The molecular weight excluding hydrogens is 731 g/mol. The molecule has 2 unspecified atom stereocenters. The third-order valence-corrected chi connectivity index (χ3v) is 12.7. The highest BCUT2D eigenvalue weighted by Gasteiger charge is 2.48. The molecule has 2 aliphatic rings. The molecule has 59 heavy (non-hydrogen) atoms. The highest BCUT2D eigenvalue weighted by atomic mass is 16.4. The van der Waals surface area contributed by atoms with Gasteiger partial charge in [0.15, 0.2) is 11.5 Å². The van der Waals surface area contributed by atoms with E-state index < -0.39 is 40.2 Å². The van der Waals surface area contributed by atoms with E-state index in [1.54, 1.807) is 0 Å². The number of rotatable bonds is 8. The Bertz CT molecular complexity index is 2560. The molecule has 0 fully saturated rings. The Morgan fingerprint density at radius 2 is 1.17 bits per heavy atom. The van der Waals surface area contributed by atoms with Crippen molar-refractivity contribution in [2.24, 2.45) is 5.41 Å². The molecule has 6 aromatic rings. The van der Waals surface area contributed by atoms with E-state index in [1.165, 1.54) is 11.1 Å². The maximum absolute atomic E-state index is 11.8. The van der Waals surface area contributed by atoms with Crippen LogP contribution in [0.15, 0.2) is 151 Å². The second-order valence-corrected chi connectivity index (χ2v) is 17.7. The molecule has 0 radical (unpaired) electrons. The van der Waals surface area contributed by atoms with Gasteiger partial charge < -0.3 is 30.4 Å². The molecule has 0 bridgehead atoms. The van der Waals surface area contributed by atoms with Crippen LogP contribution in [0, 0.1) is 5.41 Å². The standard InChI is InChI=1S/C53H53NO5/c1-8-19-39-40(37-25-15-17-26-41(37)51(3,4)5)31-52(6,7)44(39)32(2)54(45-46(55)48(57)50(59)49(58)47(45)56)35-28-29-38-36-24-16-18-27-42(36)53(43(38)30-35,33-20-11-9-12-21-33)34-22-13-10-14-23-34/h8-30,32,40,55-59H,31H2,1-7H3/b19-8-. The maximum Gasteiger partial charge on any atom is 0.208 e. The van der Waals surface area contributed by atoms with Gasteiger partial charge in [-0.1, -0.05) is 162 Å². The number of phenols is 5. The molecule has 8 rings (SSSR count). The molecule has 0 saturated carbocycles.